The van der Waals surface area contributed by atoms with Crippen LogP contribution in [0.5, 0.6) is 0 Å². The Morgan fingerprint density at radius 3 is 2.50 bits per heavy atom. The highest BCUT2D eigenvalue weighted by Gasteiger charge is 2.55. The molecule has 160 valence electrons. The lowest BCUT2D eigenvalue weighted by atomic mass is 9.84. The van der Waals surface area contributed by atoms with E-state index in [1.54, 1.807) is 6.92 Å². The summed E-state index contributed by atoms with van der Waals surface area (Å²) in [6.07, 6.45) is -2.30. The van der Waals surface area contributed by atoms with Gasteiger partial charge < -0.3 is 24.1 Å². The van der Waals surface area contributed by atoms with Gasteiger partial charge in [-0.25, -0.2) is 4.79 Å². The molecule has 1 amide bonds. The van der Waals surface area contributed by atoms with E-state index in [-0.39, 0.29) is 19.8 Å². The number of likely N-dealkylation sites (tertiary alicyclic amines) is 1. The number of carbonyl (C=O) groups is 1. The molecule has 2 heterocycles. The minimum absolute atomic E-state index is 0.0586. The van der Waals surface area contributed by atoms with Crippen LogP contribution in [0.25, 0.3) is 0 Å². The van der Waals surface area contributed by atoms with Gasteiger partial charge in [0.15, 0.2) is 6.29 Å². The Bertz CT molecular complexity index is 843. The number of β-amino-alcohol motifs (C(OH)–C–C–N with tert-alkyl or cyclic N) is 1. The molecular weight excluding hydrogens is 386 g/mol. The van der Waals surface area contributed by atoms with Gasteiger partial charge in [-0.15, -0.1) is 0 Å². The Kier molecular flexibility index (Phi) is 6.06. The van der Waals surface area contributed by atoms with Gasteiger partial charge in [0.05, 0.1) is 19.2 Å². The third-order valence-electron chi connectivity index (χ3n) is 5.65. The van der Waals surface area contributed by atoms with Crippen molar-refractivity contribution in [2.24, 2.45) is 0 Å². The maximum absolute atomic E-state index is 12.9. The van der Waals surface area contributed by atoms with Gasteiger partial charge in [0.2, 0.25) is 0 Å². The molecule has 4 rings (SSSR count). The number of benzene rings is 2. The molecule has 2 aromatic carbocycles. The molecular formula is C23H27NO6. The lowest BCUT2D eigenvalue weighted by molar-refractivity contribution is -0.300. The highest BCUT2D eigenvalue weighted by atomic mass is 16.7. The van der Waals surface area contributed by atoms with Crippen LogP contribution in [0, 0.1) is 0 Å². The van der Waals surface area contributed by atoms with Crippen molar-refractivity contribution in [3.63, 3.8) is 0 Å². The van der Waals surface area contributed by atoms with Crippen LogP contribution in [-0.2, 0) is 25.6 Å². The average molecular weight is 413 g/mol. The summed E-state index contributed by atoms with van der Waals surface area (Å²) in [4.78, 5) is 14.4. The van der Waals surface area contributed by atoms with Crippen LogP contribution in [-0.4, -0.2) is 60.2 Å². The number of rotatable bonds is 4. The van der Waals surface area contributed by atoms with Gasteiger partial charge in [0.25, 0.3) is 0 Å². The number of piperidine rings is 1. The van der Waals surface area contributed by atoms with Crippen LogP contribution in [0.3, 0.4) is 0 Å². The van der Waals surface area contributed by atoms with Crippen molar-refractivity contribution in [2.45, 2.75) is 43.7 Å². The van der Waals surface area contributed by atoms with Crippen LogP contribution in [0.2, 0.25) is 0 Å². The van der Waals surface area contributed by atoms with Crippen molar-refractivity contribution >= 4 is 6.09 Å². The second-order valence-corrected chi connectivity index (χ2v) is 7.93. The summed E-state index contributed by atoms with van der Waals surface area (Å²) < 4.78 is 23.3. The number of methoxy groups -OCH3 is 1. The number of carbonyl (C=O) groups excluding carboxylic acids is 1. The normalized spacial score (nSPS) is 31.1. The number of nitrogens with zero attached hydrogens (tertiary/aromatic N) is 1. The summed E-state index contributed by atoms with van der Waals surface area (Å²) in [5.41, 5.74) is 0.454. The van der Waals surface area contributed by atoms with Gasteiger partial charge in [0.1, 0.15) is 24.4 Å². The molecule has 0 radical (unpaired) electrons. The van der Waals surface area contributed by atoms with Crippen molar-refractivity contribution in [1.29, 1.82) is 0 Å². The highest BCUT2D eigenvalue weighted by molar-refractivity contribution is 5.68. The van der Waals surface area contributed by atoms with E-state index in [0.29, 0.717) is 0 Å². The number of hydrogen-bond donors (Lipinski definition) is 1. The van der Waals surface area contributed by atoms with E-state index in [4.69, 9.17) is 18.9 Å². The lowest BCUT2D eigenvalue weighted by Crippen LogP contribution is -2.71. The lowest BCUT2D eigenvalue weighted by Gasteiger charge is -2.53. The second-order valence-electron chi connectivity index (χ2n) is 7.93. The molecule has 7 nitrogen and oxygen atoms in total. The first-order valence-electron chi connectivity index (χ1n) is 10.0. The van der Waals surface area contributed by atoms with Gasteiger partial charge in [-0.2, -0.15) is 0 Å². The van der Waals surface area contributed by atoms with E-state index in [1.165, 1.54) is 12.0 Å². The molecule has 2 aromatic rings. The number of ether oxygens (including phenoxy) is 4. The van der Waals surface area contributed by atoms with Crippen molar-refractivity contribution in [1.82, 2.24) is 4.90 Å². The molecule has 2 aliphatic rings. The van der Waals surface area contributed by atoms with Gasteiger partial charge in [0, 0.05) is 12.7 Å². The van der Waals surface area contributed by atoms with Crippen molar-refractivity contribution in [3.05, 3.63) is 71.8 Å². The molecule has 2 saturated heterocycles. The van der Waals surface area contributed by atoms with Crippen molar-refractivity contribution in [3.8, 4) is 0 Å². The second kappa shape index (κ2) is 8.73. The number of fused-ring (bicyclic) bond motifs is 1. The van der Waals surface area contributed by atoms with Crippen molar-refractivity contribution < 1.29 is 28.8 Å². The Hall–Kier alpha value is -2.45. The minimum atomic E-state index is -1.31. The van der Waals surface area contributed by atoms with Gasteiger partial charge in [-0.05, 0) is 12.5 Å². The van der Waals surface area contributed by atoms with E-state index in [0.717, 1.165) is 11.1 Å². The fraction of sp³-hybridized carbons (Fsp3) is 0.435. The van der Waals surface area contributed by atoms with Gasteiger partial charge in [-0.3, -0.25) is 4.90 Å². The summed E-state index contributed by atoms with van der Waals surface area (Å²) in [5, 5.41) is 11.0. The molecule has 0 bridgehead atoms. The molecule has 1 N–H and O–H groups in total. The fourth-order valence-electron chi connectivity index (χ4n) is 4.18. The first-order valence-corrected chi connectivity index (χ1v) is 10.0. The predicted molar refractivity (Wildman–Crippen MR) is 109 cm³/mol. The zero-order chi connectivity index (χ0) is 21.1. The van der Waals surface area contributed by atoms with Gasteiger partial charge >= 0.3 is 6.09 Å². The molecule has 0 saturated carbocycles. The van der Waals surface area contributed by atoms with E-state index in [1.807, 2.05) is 60.7 Å². The zero-order valence-corrected chi connectivity index (χ0v) is 17.1. The number of aliphatic hydroxyl groups is 1. The maximum atomic E-state index is 12.9. The van der Waals surface area contributed by atoms with Crippen molar-refractivity contribution in [2.75, 3.05) is 20.3 Å². The summed E-state index contributed by atoms with van der Waals surface area (Å²) in [6.45, 7) is 2.10. The molecule has 0 aromatic heterocycles. The smallest absolute Gasteiger partial charge is 0.410 e. The highest BCUT2D eigenvalue weighted by Crippen LogP contribution is 2.38. The quantitative estimate of drug-likeness (QED) is 0.831. The molecule has 0 spiro atoms. The molecule has 0 aliphatic carbocycles. The predicted octanol–water partition coefficient (Wildman–Crippen LogP) is 2.89. The van der Waals surface area contributed by atoms with Crippen LogP contribution >= 0.6 is 0 Å². The summed E-state index contributed by atoms with van der Waals surface area (Å²) in [5.74, 6) is 0. The van der Waals surface area contributed by atoms with Crippen LogP contribution in [0.4, 0.5) is 4.79 Å². The Balaban J connectivity index is 1.52. The number of hydrogen-bond acceptors (Lipinski definition) is 6. The minimum Gasteiger partial charge on any atom is -0.445 e. The van der Waals surface area contributed by atoms with Gasteiger partial charge in [-0.1, -0.05) is 60.7 Å². The standard InChI is InChI=1S/C23H27NO6/c1-23(26)15-24(22(25)29-13-16-9-5-3-6-10-16)18-14-28-21(17-11-7-4-8-12-17)30-19(18)20(23)27-2/h3-12,18-21,26H,13-15H2,1-2H3/t18-,19-,20+,21-,23+/m1/s1. The van der Waals surface area contributed by atoms with E-state index in [2.05, 4.69) is 0 Å². The average Bonchev–Trinajstić information content (AvgIpc) is 2.77. The Morgan fingerprint density at radius 2 is 1.83 bits per heavy atom. The number of amides is 1. The largest absolute Gasteiger partial charge is 0.445 e. The molecule has 7 heteroatoms. The maximum Gasteiger partial charge on any atom is 0.410 e. The van der Waals surface area contributed by atoms with Crippen LogP contribution in [0.15, 0.2) is 60.7 Å². The molecule has 30 heavy (non-hydrogen) atoms. The molecule has 5 atom stereocenters. The molecule has 2 fully saturated rings. The SMILES string of the molecule is CO[C@H]1[C@@H]2O[C@H](c3ccccc3)OC[C@H]2N(C(=O)OCc2ccccc2)C[C@]1(C)O. The third kappa shape index (κ3) is 4.20. The van der Waals surface area contributed by atoms with Crippen LogP contribution < -0.4 is 0 Å². The first kappa shape index (κ1) is 20.8. The van der Waals surface area contributed by atoms with Crippen LogP contribution in [0.1, 0.15) is 24.3 Å². The third-order valence-corrected chi connectivity index (χ3v) is 5.65. The monoisotopic (exact) mass is 413 g/mol. The Morgan fingerprint density at radius 1 is 1.17 bits per heavy atom. The summed E-state index contributed by atoms with van der Waals surface area (Å²) >= 11 is 0. The first-order chi connectivity index (χ1) is 14.5. The topological polar surface area (TPSA) is 77.5 Å². The fourth-order valence-corrected chi connectivity index (χ4v) is 4.18. The molecule has 2 aliphatic heterocycles. The van der Waals surface area contributed by atoms with E-state index >= 15 is 0 Å². The zero-order valence-electron chi connectivity index (χ0n) is 17.1. The van der Waals surface area contributed by atoms with E-state index < -0.39 is 36.2 Å². The summed E-state index contributed by atoms with van der Waals surface area (Å²) in [7, 11) is 1.54. The Labute approximate surface area is 176 Å². The molecule has 0 unspecified atom stereocenters. The summed E-state index contributed by atoms with van der Waals surface area (Å²) in [6, 6.07) is 18.6. The van der Waals surface area contributed by atoms with E-state index in [9.17, 15) is 9.90 Å².